The number of carbonyl (C=O) groups is 4. The maximum atomic E-state index is 13.2. The van der Waals surface area contributed by atoms with E-state index in [1.54, 1.807) is 12.1 Å². The van der Waals surface area contributed by atoms with Gasteiger partial charge in [0, 0.05) is 16.7 Å². The van der Waals surface area contributed by atoms with Gasteiger partial charge in [-0.2, -0.15) is 13.2 Å². The number of benzene rings is 3. The lowest BCUT2D eigenvalue weighted by molar-refractivity contribution is -0.137. The van der Waals surface area contributed by atoms with Crippen LogP contribution in [0.5, 0.6) is 0 Å². The highest BCUT2D eigenvalue weighted by Gasteiger charge is 2.35. The van der Waals surface area contributed by atoms with Gasteiger partial charge < -0.3 is 15.8 Å². The Hall–Kier alpha value is -4.47. The molecule has 1 unspecified atom stereocenters. The Morgan fingerprint density at radius 2 is 1.49 bits per heavy atom. The average molecular weight is 482 g/mol. The first-order valence-electron chi connectivity index (χ1n) is 10.3. The normalized spacial score (nSPS) is 13.5. The number of carbonyl (C=O) groups excluding carboxylic acids is 4. The molecule has 0 spiro atoms. The van der Waals surface area contributed by atoms with Crippen molar-refractivity contribution in [3.8, 4) is 0 Å². The third-order valence-corrected chi connectivity index (χ3v) is 5.50. The van der Waals surface area contributed by atoms with Gasteiger partial charge in [-0.15, -0.1) is 0 Å². The number of ketones is 2. The second-order valence-electron chi connectivity index (χ2n) is 7.73. The number of halogens is 3. The summed E-state index contributed by atoms with van der Waals surface area (Å²) in [5.74, 6) is -3.07. The molecule has 10 heteroatoms. The van der Waals surface area contributed by atoms with Crippen LogP contribution in [0, 0.1) is 0 Å². The van der Waals surface area contributed by atoms with Crippen molar-refractivity contribution in [1.29, 1.82) is 0 Å². The van der Waals surface area contributed by atoms with E-state index in [1.807, 2.05) is 0 Å². The van der Waals surface area contributed by atoms with Gasteiger partial charge in [-0.05, 0) is 31.2 Å². The van der Waals surface area contributed by atoms with Crippen LogP contribution in [-0.2, 0) is 15.7 Å². The smallest absolute Gasteiger partial charge is 0.418 e. The Labute approximate surface area is 196 Å². The number of hydrogen-bond donors (Lipinski definition) is 2. The standard InChI is InChI=1S/C25H17F3N2O5/c1-12(23(33)30-18-9-5-4-8-17(18)25(26,27)28)35-24(34)16-11-10-15-19(20(16)29)22(32)14-7-3-2-6-13(14)21(15)31/h2-12H,29H2,1H3,(H,30,33). The minimum absolute atomic E-state index is 0.0253. The third kappa shape index (κ3) is 4.25. The van der Waals surface area contributed by atoms with E-state index < -0.39 is 47.0 Å². The van der Waals surface area contributed by atoms with E-state index in [0.29, 0.717) is 0 Å². The molecule has 0 bridgehead atoms. The molecular weight excluding hydrogens is 465 g/mol. The lowest BCUT2D eigenvalue weighted by Crippen LogP contribution is -2.31. The van der Waals surface area contributed by atoms with E-state index >= 15 is 0 Å². The molecular formula is C25H17F3N2O5. The summed E-state index contributed by atoms with van der Waals surface area (Å²) in [5, 5.41) is 2.10. The number of anilines is 2. The number of hydrogen-bond acceptors (Lipinski definition) is 6. The number of nitrogens with two attached hydrogens (primary N) is 1. The molecule has 1 atom stereocenters. The molecule has 1 aliphatic carbocycles. The van der Waals surface area contributed by atoms with E-state index in [9.17, 15) is 32.3 Å². The van der Waals surface area contributed by atoms with Crippen molar-refractivity contribution in [1.82, 2.24) is 0 Å². The Morgan fingerprint density at radius 1 is 0.886 bits per heavy atom. The van der Waals surface area contributed by atoms with E-state index in [4.69, 9.17) is 10.5 Å². The molecule has 0 aliphatic heterocycles. The number of fused-ring (bicyclic) bond motifs is 2. The van der Waals surface area contributed by atoms with Crippen LogP contribution in [0.2, 0.25) is 0 Å². The molecule has 3 aromatic carbocycles. The first-order chi connectivity index (χ1) is 16.5. The molecule has 0 saturated carbocycles. The van der Waals surface area contributed by atoms with Gasteiger partial charge in [-0.25, -0.2) is 4.79 Å². The molecule has 0 fully saturated rings. The quantitative estimate of drug-likeness (QED) is 0.332. The van der Waals surface area contributed by atoms with Crippen molar-refractivity contribution in [2.75, 3.05) is 11.1 Å². The molecule has 7 nitrogen and oxygen atoms in total. The van der Waals surface area contributed by atoms with Crippen LogP contribution in [0.25, 0.3) is 0 Å². The van der Waals surface area contributed by atoms with Crippen LogP contribution < -0.4 is 11.1 Å². The molecule has 3 aromatic rings. The van der Waals surface area contributed by atoms with Crippen molar-refractivity contribution in [3.63, 3.8) is 0 Å². The first kappa shape index (κ1) is 23.7. The molecule has 0 aromatic heterocycles. The first-order valence-corrected chi connectivity index (χ1v) is 10.3. The van der Waals surface area contributed by atoms with Gasteiger partial charge in [0.15, 0.2) is 17.7 Å². The van der Waals surface area contributed by atoms with E-state index in [1.165, 1.54) is 43.3 Å². The maximum absolute atomic E-state index is 13.2. The summed E-state index contributed by atoms with van der Waals surface area (Å²) in [6.45, 7) is 1.17. The SMILES string of the molecule is CC(OC(=O)c1ccc2c(c1N)C(=O)c1ccccc1C2=O)C(=O)Nc1ccccc1C(F)(F)F. The summed E-state index contributed by atoms with van der Waals surface area (Å²) in [4.78, 5) is 50.9. The van der Waals surface area contributed by atoms with Crippen molar-refractivity contribution >= 4 is 34.8 Å². The maximum Gasteiger partial charge on any atom is 0.418 e. The number of rotatable bonds is 4. The van der Waals surface area contributed by atoms with Gasteiger partial charge in [-0.1, -0.05) is 36.4 Å². The largest absolute Gasteiger partial charge is 0.449 e. The number of ether oxygens (including phenoxy) is 1. The molecule has 1 amide bonds. The summed E-state index contributed by atoms with van der Waals surface area (Å²) in [6, 6.07) is 13.0. The van der Waals surface area contributed by atoms with Gasteiger partial charge >= 0.3 is 12.1 Å². The zero-order chi connectivity index (χ0) is 25.5. The Morgan fingerprint density at radius 3 is 2.14 bits per heavy atom. The number of nitrogen functional groups attached to an aromatic ring is 1. The minimum Gasteiger partial charge on any atom is -0.449 e. The van der Waals surface area contributed by atoms with E-state index in [2.05, 4.69) is 5.32 Å². The average Bonchev–Trinajstić information content (AvgIpc) is 2.81. The van der Waals surface area contributed by atoms with Crippen LogP contribution in [0.15, 0.2) is 60.7 Å². The lowest BCUT2D eigenvalue weighted by atomic mass is 9.82. The Kier molecular flexibility index (Phi) is 5.89. The predicted octanol–water partition coefficient (Wildman–Crippen LogP) is 4.25. The van der Waals surface area contributed by atoms with Crippen LogP contribution in [0.4, 0.5) is 24.5 Å². The molecule has 3 N–H and O–H groups in total. The second-order valence-corrected chi connectivity index (χ2v) is 7.73. The van der Waals surface area contributed by atoms with Crippen LogP contribution in [0.3, 0.4) is 0 Å². The van der Waals surface area contributed by atoms with Crippen molar-refractivity contribution in [3.05, 3.63) is 94.0 Å². The van der Waals surface area contributed by atoms with E-state index in [-0.39, 0.29) is 33.5 Å². The van der Waals surface area contributed by atoms with Crippen LogP contribution in [0.1, 0.15) is 54.7 Å². The fourth-order valence-corrected chi connectivity index (χ4v) is 3.74. The zero-order valence-electron chi connectivity index (χ0n) is 18.1. The Bertz CT molecular complexity index is 1400. The second kappa shape index (κ2) is 8.71. The summed E-state index contributed by atoms with van der Waals surface area (Å²) in [6.07, 6.45) is -6.21. The zero-order valence-corrected chi connectivity index (χ0v) is 18.1. The third-order valence-electron chi connectivity index (χ3n) is 5.50. The van der Waals surface area contributed by atoms with E-state index in [0.717, 1.165) is 12.1 Å². The number of esters is 1. The molecule has 178 valence electrons. The van der Waals surface area contributed by atoms with Gasteiger partial charge in [-0.3, -0.25) is 14.4 Å². The summed E-state index contributed by atoms with van der Waals surface area (Å²) >= 11 is 0. The molecule has 0 heterocycles. The van der Waals surface area contributed by atoms with Gasteiger partial charge in [0.05, 0.1) is 28.1 Å². The number of amides is 1. The van der Waals surface area contributed by atoms with Gasteiger partial charge in [0.25, 0.3) is 5.91 Å². The fourth-order valence-electron chi connectivity index (χ4n) is 3.74. The number of alkyl halides is 3. The summed E-state index contributed by atoms with van der Waals surface area (Å²) in [7, 11) is 0. The highest BCUT2D eigenvalue weighted by atomic mass is 19.4. The lowest BCUT2D eigenvalue weighted by Gasteiger charge is -2.21. The monoisotopic (exact) mass is 482 g/mol. The molecule has 1 aliphatic rings. The van der Waals surface area contributed by atoms with Gasteiger partial charge in [0.2, 0.25) is 0 Å². The Balaban J connectivity index is 1.56. The van der Waals surface area contributed by atoms with Crippen LogP contribution >= 0.6 is 0 Å². The number of nitrogens with one attached hydrogen (secondary N) is 1. The topological polar surface area (TPSA) is 116 Å². The molecule has 4 rings (SSSR count). The van der Waals surface area contributed by atoms with Crippen LogP contribution in [-0.4, -0.2) is 29.5 Å². The minimum atomic E-state index is -4.70. The predicted molar refractivity (Wildman–Crippen MR) is 119 cm³/mol. The highest BCUT2D eigenvalue weighted by molar-refractivity contribution is 6.30. The summed E-state index contributed by atoms with van der Waals surface area (Å²) in [5.41, 5.74) is 4.16. The van der Waals surface area contributed by atoms with Gasteiger partial charge in [0.1, 0.15) is 0 Å². The fraction of sp³-hybridized carbons (Fsp3) is 0.120. The van der Waals surface area contributed by atoms with Crippen molar-refractivity contribution < 1.29 is 37.1 Å². The number of para-hydroxylation sites is 1. The molecule has 35 heavy (non-hydrogen) atoms. The molecule has 0 radical (unpaired) electrons. The molecule has 0 saturated heterocycles. The highest BCUT2D eigenvalue weighted by Crippen LogP contribution is 2.35. The van der Waals surface area contributed by atoms with Crippen molar-refractivity contribution in [2.24, 2.45) is 0 Å². The summed E-state index contributed by atoms with van der Waals surface area (Å²) < 4.78 is 44.6. The van der Waals surface area contributed by atoms with Crippen molar-refractivity contribution in [2.45, 2.75) is 19.2 Å².